The molecule has 1 saturated heterocycles. The maximum Gasteiger partial charge on any atom is 0.242 e. The second kappa shape index (κ2) is 9.38. The number of rotatable bonds is 6. The summed E-state index contributed by atoms with van der Waals surface area (Å²) < 4.78 is 33.2. The first-order valence-electron chi connectivity index (χ1n) is 11.9. The molecule has 0 unspecified atom stereocenters. The van der Waals surface area contributed by atoms with E-state index in [1.807, 2.05) is 24.3 Å². The molecule has 0 bridgehead atoms. The van der Waals surface area contributed by atoms with E-state index >= 15 is 0 Å². The van der Waals surface area contributed by atoms with Crippen LogP contribution >= 0.6 is 0 Å². The third kappa shape index (κ3) is 4.23. The highest BCUT2D eigenvalue weighted by molar-refractivity contribution is 7.92. The first kappa shape index (κ1) is 24.0. The number of methoxy groups -OCH3 is 1. The number of fused-ring (bicyclic) bond motifs is 3. The zero-order chi connectivity index (χ0) is 25.4. The number of para-hydroxylation sites is 1. The van der Waals surface area contributed by atoms with E-state index in [9.17, 15) is 13.2 Å². The molecule has 0 aliphatic carbocycles. The van der Waals surface area contributed by atoms with E-state index in [0.717, 1.165) is 18.4 Å². The van der Waals surface area contributed by atoms with Gasteiger partial charge in [0.05, 0.1) is 22.8 Å². The van der Waals surface area contributed by atoms with Crippen LogP contribution in [0.4, 0.5) is 5.95 Å². The van der Waals surface area contributed by atoms with Gasteiger partial charge in [0.25, 0.3) is 0 Å². The van der Waals surface area contributed by atoms with Crippen molar-refractivity contribution in [2.24, 2.45) is 0 Å². The van der Waals surface area contributed by atoms with Gasteiger partial charge in [-0.2, -0.15) is 4.52 Å². The van der Waals surface area contributed by atoms with Crippen molar-refractivity contribution in [2.75, 3.05) is 19.0 Å². The highest BCUT2D eigenvalue weighted by Crippen LogP contribution is 2.31. The van der Waals surface area contributed by atoms with Crippen molar-refractivity contribution in [1.29, 1.82) is 0 Å². The Morgan fingerprint density at radius 3 is 2.61 bits per heavy atom. The highest BCUT2D eigenvalue weighted by Gasteiger charge is 2.27. The number of ether oxygens (including phenoxy) is 1. The number of sulfone groups is 1. The molecule has 0 spiro atoms. The molecule has 1 aliphatic rings. The summed E-state index contributed by atoms with van der Waals surface area (Å²) in [6, 6.07) is 11.8. The smallest absolute Gasteiger partial charge is 0.242 e. The number of nitrogens with one attached hydrogen (secondary N) is 2. The van der Waals surface area contributed by atoms with E-state index in [2.05, 4.69) is 15.7 Å². The highest BCUT2D eigenvalue weighted by atomic mass is 32.2. The maximum atomic E-state index is 13.2. The van der Waals surface area contributed by atoms with Gasteiger partial charge in [0, 0.05) is 17.5 Å². The number of nitrogens with zero attached hydrogens (tertiary/aromatic N) is 4. The van der Waals surface area contributed by atoms with Gasteiger partial charge >= 0.3 is 0 Å². The number of benzene rings is 2. The largest absolute Gasteiger partial charge is 0.497 e. The van der Waals surface area contributed by atoms with Crippen molar-refractivity contribution in [1.82, 2.24) is 24.9 Å². The van der Waals surface area contributed by atoms with Crippen LogP contribution in [0.3, 0.4) is 0 Å². The van der Waals surface area contributed by atoms with Crippen LogP contribution in [0, 0.1) is 0 Å². The number of hydrogen-bond donors (Lipinski definition) is 2. The Kier molecular flexibility index (Phi) is 6.25. The molecule has 2 aromatic carbocycles. The molecule has 1 amide bonds. The predicted octanol–water partition coefficient (Wildman–Crippen LogP) is 3.22. The lowest BCUT2D eigenvalue weighted by atomic mass is 10.1. The van der Waals surface area contributed by atoms with Gasteiger partial charge in [-0.05, 0) is 69.5 Å². The summed E-state index contributed by atoms with van der Waals surface area (Å²) in [7, 11) is -2.03. The van der Waals surface area contributed by atoms with E-state index in [0.29, 0.717) is 41.1 Å². The molecule has 5 rings (SSSR count). The van der Waals surface area contributed by atoms with Gasteiger partial charge in [0.1, 0.15) is 11.8 Å². The van der Waals surface area contributed by atoms with E-state index in [1.54, 1.807) is 43.7 Å². The first-order valence-corrected chi connectivity index (χ1v) is 13.5. The van der Waals surface area contributed by atoms with E-state index in [1.165, 1.54) is 0 Å². The SMILES string of the molecule is COc1ccc(-c2nc3c4cccc(S(=O)(=O)C(C)C)c4nc(N[C@@H]4CCCCNC4=O)n3n2)cc1. The van der Waals surface area contributed by atoms with Crippen molar-refractivity contribution in [2.45, 2.75) is 49.3 Å². The Morgan fingerprint density at radius 2 is 1.89 bits per heavy atom. The second-order valence-electron chi connectivity index (χ2n) is 9.06. The van der Waals surface area contributed by atoms with E-state index in [-0.39, 0.29) is 16.8 Å². The molecule has 1 atom stereocenters. The van der Waals surface area contributed by atoms with Crippen LogP contribution in [-0.2, 0) is 14.6 Å². The molecule has 3 heterocycles. The molecule has 1 aliphatic heterocycles. The van der Waals surface area contributed by atoms with Gasteiger partial charge in [0.15, 0.2) is 21.3 Å². The normalized spacial score (nSPS) is 16.8. The average molecular weight is 509 g/mol. The van der Waals surface area contributed by atoms with Crippen molar-refractivity contribution in [3.05, 3.63) is 42.5 Å². The van der Waals surface area contributed by atoms with Crippen LogP contribution in [0.2, 0.25) is 0 Å². The minimum Gasteiger partial charge on any atom is -0.497 e. The molecule has 4 aromatic rings. The predicted molar refractivity (Wildman–Crippen MR) is 137 cm³/mol. The molecule has 188 valence electrons. The standard InChI is InChI=1S/C25H28N6O4S/c1-15(2)36(33,34)20-9-6-7-18-21(20)28-25(27-19-8-4-5-14-26-24(19)32)31-23(18)29-22(30-31)16-10-12-17(35-3)13-11-16/h6-7,9-13,15,19H,4-5,8,14H2,1-3H3,(H,26,32)(H,27,28)/t19-/m1/s1. The number of amides is 1. The Balaban J connectivity index is 1.74. The summed E-state index contributed by atoms with van der Waals surface area (Å²) in [5, 5.41) is 10.7. The van der Waals surface area contributed by atoms with Crippen LogP contribution in [0.15, 0.2) is 47.4 Å². The number of carbonyl (C=O) groups is 1. The van der Waals surface area contributed by atoms with E-state index < -0.39 is 21.1 Å². The van der Waals surface area contributed by atoms with Gasteiger partial charge < -0.3 is 15.4 Å². The third-order valence-corrected chi connectivity index (χ3v) is 8.56. The van der Waals surface area contributed by atoms with E-state index in [4.69, 9.17) is 14.7 Å². The lowest BCUT2D eigenvalue weighted by molar-refractivity contribution is -0.121. The monoisotopic (exact) mass is 508 g/mol. The number of aromatic nitrogens is 4. The topological polar surface area (TPSA) is 128 Å². The van der Waals surface area contributed by atoms with Gasteiger partial charge in [-0.25, -0.2) is 18.4 Å². The van der Waals surface area contributed by atoms with Gasteiger partial charge in [-0.1, -0.05) is 6.07 Å². The molecule has 2 N–H and O–H groups in total. The fraction of sp³-hybridized carbons (Fsp3) is 0.360. The fourth-order valence-corrected chi connectivity index (χ4v) is 5.48. The number of hydrogen-bond acceptors (Lipinski definition) is 8. The van der Waals surface area contributed by atoms with Crippen molar-refractivity contribution >= 4 is 38.2 Å². The third-order valence-electron chi connectivity index (χ3n) is 6.38. The minimum atomic E-state index is -3.63. The van der Waals surface area contributed by atoms with Crippen LogP contribution < -0.4 is 15.4 Å². The van der Waals surface area contributed by atoms with Gasteiger partial charge in [-0.15, -0.1) is 5.10 Å². The molecule has 36 heavy (non-hydrogen) atoms. The molecule has 0 radical (unpaired) electrons. The van der Waals surface area contributed by atoms with Crippen molar-refractivity contribution in [3.8, 4) is 17.1 Å². The van der Waals surface area contributed by atoms with Crippen LogP contribution in [0.1, 0.15) is 33.1 Å². The number of carbonyl (C=O) groups excluding carboxylic acids is 1. The summed E-state index contributed by atoms with van der Waals surface area (Å²) >= 11 is 0. The molecule has 10 nitrogen and oxygen atoms in total. The first-order chi connectivity index (χ1) is 17.3. The summed E-state index contributed by atoms with van der Waals surface area (Å²) in [4.78, 5) is 22.3. The molecular formula is C25H28N6O4S. The van der Waals surface area contributed by atoms with Gasteiger partial charge in [0.2, 0.25) is 11.9 Å². The number of anilines is 1. The average Bonchev–Trinajstić information content (AvgIpc) is 3.23. The second-order valence-corrected chi connectivity index (χ2v) is 11.5. The lowest BCUT2D eigenvalue weighted by Crippen LogP contribution is -2.38. The molecule has 11 heteroatoms. The van der Waals surface area contributed by atoms with Crippen molar-refractivity contribution < 1.29 is 17.9 Å². The fourth-order valence-electron chi connectivity index (χ4n) is 4.28. The summed E-state index contributed by atoms with van der Waals surface area (Å²) in [5.74, 6) is 1.29. The molecule has 0 saturated carbocycles. The Hall–Kier alpha value is -3.73. The summed E-state index contributed by atoms with van der Waals surface area (Å²) in [6.07, 6.45) is 2.39. The molecule has 2 aromatic heterocycles. The lowest BCUT2D eigenvalue weighted by Gasteiger charge is -2.17. The van der Waals surface area contributed by atoms with Crippen LogP contribution in [-0.4, -0.2) is 58.9 Å². The maximum absolute atomic E-state index is 13.2. The van der Waals surface area contributed by atoms with Crippen molar-refractivity contribution in [3.63, 3.8) is 0 Å². The zero-order valence-electron chi connectivity index (χ0n) is 20.4. The quantitative estimate of drug-likeness (QED) is 0.406. The summed E-state index contributed by atoms with van der Waals surface area (Å²) in [5.41, 5.74) is 1.50. The molecular weight excluding hydrogens is 480 g/mol. The Morgan fingerprint density at radius 1 is 1.11 bits per heavy atom. The zero-order valence-corrected chi connectivity index (χ0v) is 21.2. The van der Waals surface area contributed by atoms with Crippen LogP contribution in [0.25, 0.3) is 27.9 Å². The van der Waals surface area contributed by atoms with Gasteiger partial charge in [-0.3, -0.25) is 4.79 Å². The van der Waals surface area contributed by atoms with Crippen LogP contribution in [0.5, 0.6) is 5.75 Å². The Bertz CT molecular complexity index is 1550. The Labute approximate surface area is 209 Å². The molecule has 1 fully saturated rings. The minimum absolute atomic E-state index is 0.124. The summed E-state index contributed by atoms with van der Waals surface area (Å²) in [6.45, 7) is 3.90.